The quantitative estimate of drug-likeness (QED) is 0.396. The van der Waals surface area contributed by atoms with Gasteiger partial charge in [-0.3, -0.25) is 28.8 Å². The maximum absolute atomic E-state index is 12.3. The number of hydrogen-bond acceptors (Lipinski definition) is 6. The van der Waals surface area contributed by atoms with Crippen molar-refractivity contribution in [3.63, 3.8) is 0 Å². The molecule has 0 heterocycles. The highest BCUT2D eigenvalue weighted by atomic mass is 16.2. The van der Waals surface area contributed by atoms with E-state index in [2.05, 4.69) is 5.32 Å². The summed E-state index contributed by atoms with van der Waals surface area (Å²) in [6, 6.07) is 0. The van der Waals surface area contributed by atoms with Gasteiger partial charge < -0.3 is 29.8 Å². The van der Waals surface area contributed by atoms with Crippen LogP contribution in [0.5, 0.6) is 0 Å². The fourth-order valence-electron chi connectivity index (χ4n) is 2.05. The second-order valence-electron chi connectivity index (χ2n) is 7.05. The van der Waals surface area contributed by atoms with Crippen molar-refractivity contribution in [3.05, 3.63) is 0 Å². The molecule has 6 amide bonds. The summed E-state index contributed by atoms with van der Waals surface area (Å²) < 4.78 is 0. The molecule has 0 aliphatic carbocycles. The van der Waals surface area contributed by atoms with Crippen molar-refractivity contribution >= 4 is 35.4 Å². The van der Waals surface area contributed by atoms with Crippen LogP contribution in [0.2, 0.25) is 0 Å². The highest BCUT2D eigenvalue weighted by Gasteiger charge is 2.22. The van der Waals surface area contributed by atoms with Crippen LogP contribution in [-0.4, -0.2) is 135 Å². The fourth-order valence-corrected chi connectivity index (χ4v) is 2.05. The van der Waals surface area contributed by atoms with Crippen LogP contribution in [0.4, 0.5) is 0 Å². The van der Waals surface area contributed by atoms with Gasteiger partial charge in [0.05, 0.1) is 32.7 Å². The van der Waals surface area contributed by atoms with Gasteiger partial charge in [0.2, 0.25) is 35.4 Å². The Hall–Kier alpha value is -3.18. The van der Waals surface area contributed by atoms with Gasteiger partial charge in [-0.05, 0) is 0 Å². The second-order valence-corrected chi connectivity index (χ2v) is 7.05. The van der Waals surface area contributed by atoms with E-state index in [0.717, 1.165) is 9.80 Å². The highest BCUT2D eigenvalue weighted by Crippen LogP contribution is 1.97. The van der Waals surface area contributed by atoms with Crippen molar-refractivity contribution < 1.29 is 28.8 Å². The Bertz CT molecular complexity index is 682. The molecule has 0 fully saturated rings. The molecule has 0 saturated heterocycles. The molecule has 0 rings (SSSR count). The molecule has 0 aromatic carbocycles. The molecule has 0 unspecified atom stereocenters. The largest absolute Gasteiger partial charge is 0.358 e. The molecule has 0 aromatic rings. The Morgan fingerprint density at radius 3 is 1.07 bits per heavy atom. The predicted molar refractivity (Wildman–Crippen MR) is 108 cm³/mol. The molecule has 30 heavy (non-hydrogen) atoms. The van der Waals surface area contributed by atoms with Crippen molar-refractivity contribution in [3.8, 4) is 0 Å². The monoisotopic (exact) mass is 428 g/mol. The van der Waals surface area contributed by atoms with Crippen LogP contribution in [-0.2, 0) is 28.8 Å². The zero-order valence-electron chi connectivity index (χ0n) is 18.7. The minimum absolute atomic E-state index is 0.130. The molecule has 170 valence electrons. The van der Waals surface area contributed by atoms with Crippen molar-refractivity contribution in [2.45, 2.75) is 6.92 Å². The van der Waals surface area contributed by atoms with Crippen molar-refractivity contribution in [2.75, 3.05) is 75.0 Å². The van der Waals surface area contributed by atoms with Gasteiger partial charge in [0.1, 0.15) is 0 Å². The van der Waals surface area contributed by atoms with E-state index in [9.17, 15) is 28.8 Å². The third kappa shape index (κ3) is 9.34. The molecular weight excluding hydrogens is 396 g/mol. The minimum atomic E-state index is -0.474. The Labute approximate surface area is 176 Å². The van der Waals surface area contributed by atoms with E-state index >= 15 is 0 Å². The number of carbonyl (C=O) groups excluding carboxylic acids is 6. The van der Waals surface area contributed by atoms with Crippen molar-refractivity contribution in [1.29, 1.82) is 0 Å². The van der Waals surface area contributed by atoms with Crippen molar-refractivity contribution in [2.24, 2.45) is 0 Å². The maximum Gasteiger partial charge on any atom is 0.242 e. The summed E-state index contributed by atoms with van der Waals surface area (Å²) in [6.07, 6.45) is 0. The zero-order valence-corrected chi connectivity index (χ0v) is 18.7. The topological polar surface area (TPSA) is 131 Å². The normalized spacial score (nSPS) is 9.97. The van der Waals surface area contributed by atoms with E-state index in [4.69, 9.17) is 0 Å². The molecule has 0 bridgehead atoms. The SMILES string of the molecule is CNC(=O)CN(C)C(=O)CN(C)C(=O)CN(C)C(=O)CN(C)C(=O)CN(C)C(C)=O. The number of rotatable bonds is 10. The number of hydrogen-bond donors (Lipinski definition) is 1. The second kappa shape index (κ2) is 12.4. The zero-order chi connectivity index (χ0) is 23.6. The third-order valence-electron chi connectivity index (χ3n) is 4.39. The summed E-state index contributed by atoms with van der Waals surface area (Å²) in [7, 11) is 8.63. The van der Waals surface area contributed by atoms with Gasteiger partial charge in [-0.1, -0.05) is 0 Å². The molecule has 0 spiro atoms. The van der Waals surface area contributed by atoms with Crippen LogP contribution in [0.1, 0.15) is 6.92 Å². The lowest BCUT2D eigenvalue weighted by Crippen LogP contribution is -2.48. The average molecular weight is 428 g/mol. The van der Waals surface area contributed by atoms with Gasteiger partial charge in [0.25, 0.3) is 0 Å². The lowest BCUT2D eigenvalue weighted by atomic mass is 10.3. The average Bonchev–Trinajstić information content (AvgIpc) is 2.66. The summed E-state index contributed by atoms with van der Waals surface area (Å²) in [6.45, 7) is 0.258. The number of likely N-dealkylation sites (N-methyl/N-ethyl adjacent to an activating group) is 6. The first-order valence-corrected chi connectivity index (χ1v) is 9.18. The first kappa shape index (κ1) is 26.8. The van der Waals surface area contributed by atoms with Crippen LogP contribution in [0, 0.1) is 0 Å². The standard InChI is InChI=1S/C18H32N6O6/c1-13(25)20(3)9-15(27)22(5)11-17(29)24(7)12-18(30)23(6)10-16(28)21(4)8-14(26)19-2/h8-12H2,1-7H3,(H,19,26). The molecule has 0 radical (unpaired) electrons. The molecule has 0 atom stereocenters. The van der Waals surface area contributed by atoms with E-state index in [0.29, 0.717) is 0 Å². The van der Waals surface area contributed by atoms with E-state index in [1.165, 1.54) is 63.9 Å². The van der Waals surface area contributed by atoms with E-state index < -0.39 is 23.6 Å². The Morgan fingerprint density at radius 2 is 0.800 bits per heavy atom. The summed E-state index contributed by atoms with van der Waals surface area (Å²) in [4.78, 5) is 77.1. The predicted octanol–water partition coefficient (Wildman–Crippen LogP) is -2.96. The Balaban J connectivity index is 4.60. The van der Waals surface area contributed by atoms with Crippen LogP contribution in [0.15, 0.2) is 0 Å². The molecule has 12 heteroatoms. The smallest absolute Gasteiger partial charge is 0.242 e. The van der Waals surface area contributed by atoms with E-state index in [1.54, 1.807) is 0 Å². The van der Waals surface area contributed by atoms with E-state index in [-0.39, 0.29) is 44.5 Å². The van der Waals surface area contributed by atoms with Gasteiger partial charge >= 0.3 is 0 Å². The first-order chi connectivity index (χ1) is 13.8. The lowest BCUT2D eigenvalue weighted by molar-refractivity contribution is -0.144. The number of amides is 6. The number of nitrogens with one attached hydrogen (secondary N) is 1. The summed E-state index contributed by atoms with van der Waals surface area (Å²) in [5.41, 5.74) is 0. The lowest BCUT2D eigenvalue weighted by Gasteiger charge is -2.26. The third-order valence-corrected chi connectivity index (χ3v) is 4.39. The van der Waals surface area contributed by atoms with Gasteiger partial charge in [0, 0.05) is 49.2 Å². The Kier molecular flexibility index (Phi) is 11.1. The van der Waals surface area contributed by atoms with E-state index in [1.807, 2.05) is 0 Å². The maximum atomic E-state index is 12.3. The Morgan fingerprint density at radius 1 is 0.533 bits per heavy atom. The molecule has 1 N–H and O–H groups in total. The van der Waals surface area contributed by atoms with Crippen LogP contribution >= 0.6 is 0 Å². The molecule has 0 aliphatic heterocycles. The van der Waals surface area contributed by atoms with Crippen LogP contribution in [0.25, 0.3) is 0 Å². The molecule has 0 saturated carbocycles. The fraction of sp³-hybridized carbons (Fsp3) is 0.667. The summed E-state index contributed by atoms with van der Waals surface area (Å²) in [5.74, 6) is -2.40. The van der Waals surface area contributed by atoms with Gasteiger partial charge in [-0.2, -0.15) is 0 Å². The van der Waals surface area contributed by atoms with Gasteiger partial charge in [-0.15, -0.1) is 0 Å². The van der Waals surface area contributed by atoms with Gasteiger partial charge in [0.15, 0.2) is 0 Å². The van der Waals surface area contributed by atoms with Crippen LogP contribution < -0.4 is 5.32 Å². The first-order valence-electron chi connectivity index (χ1n) is 9.18. The molecule has 12 nitrogen and oxygen atoms in total. The van der Waals surface area contributed by atoms with Gasteiger partial charge in [-0.25, -0.2) is 0 Å². The highest BCUT2D eigenvalue weighted by molar-refractivity contribution is 5.91. The number of nitrogens with zero attached hydrogens (tertiary/aromatic N) is 5. The molecule has 0 aliphatic rings. The molecule has 0 aromatic heterocycles. The number of carbonyl (C=O) groups is 6. The summed E-state index contributed by atoms with van der Waals surface area (Å²) in [5, 5.41) is 2.40. The summed E-state index contributed by atoms with van der Waals surface area (Å²) >= 11 is 0. The van der Waals surface area contributed by atoms with Crippen LogP contribution in [0.3, 0.4) is 0 Å². The van der Waals surface area contributed by atoms with Crippen molar-refractivity contribution in [1.82, 2.24) is 29.8 Å². The molecular formula is C18H32N6O6. The minimum Gasteiger partial charge on any atom is -0.358 e.